The van der Waals surface area contributed by atoms with Gasteiger partial charge in [0.1, 0.15) is 0 Å². The second kappa shape index (κ2) is 14.3. The molecular formula is C29H45N3O3. The molecular weight excluding hydrogens is 438 g/mol. The predicted octanol–water partition coefficient (Wildman–Crippen LogP) is 5.14. The van der Waals surface area contributed by atoms with Crippen LogP contribution in [-0.2, 0) is 9.59 Å². The van der Waals surface area contributed by atoms with Crippen LogP contribution >= 0.6 is 0 Å². The Morgan fingerprint density at radius 1 is 0.886 bits per heavy atom. The Kier molecular flexibility index (Phi) is 11.1. The Labute approximate surface area is 211 Å². The van der Waals surface area contributed by atoms with E-state index in [0.29, 0.717) is 18.5 Å². The average molecular weight is 484 g/mol. The fourth-order valence-corrected chi connectivity index (χ4v) is 5.48. The molecule has 6 nitrogen and oxygen atoms in total. The van der Waals surface area contributed by atoms with E-state index in [1.54, 1.807) is 0 Å². The van der Waals surface area contributed by atoms with Crippen molar-refractivity contribution < 1.29 is 14.4 Å². The zero-order valence-electron chi connectivity index (χ0n) is 21.8. The molecule has 3 amide bonds. The first kappa shape index (κ1) is 27.2. The number of hydrogen-bond acceptors (Lipinski definition) is 3. The highest BCUT2D eigenvalue weighted by atomic mass is 16.2. The molecule has 0 radical (unpaired) electrons. The Hall–Kier alpha value is -2.37. The van der Waals surface area contributed by atoms with Gasteiger partial charge in [0.15, 0.2) is 0 Å². The number of nitrogens with one attached hydrogen (secondary N) is 2. The number of rotatable bonds is 11. The highest BCUT2D eigenvalue weighted by molar-refractivity contribution is 5.95. The second-order valence-corrected chi connectivity index (χ2v) is 10.5. The van der Waals surface area contributed by atoms with Crippen LogP contribution in [0.25, 0.3) is 0 Å². The first-order chi connectivity index (χ1) is 17.0. The van der Waals surface area contributed by atoms with Gasteiger partial charge in [0.2, 0.25) is 11.8 Å². The van der Waals surface area contributed by atoms with Crippen LogP contribution in [0.15, 0.2) is 24.3 Å². The van der Waals surface area contributed by atoms with Gasteiger partial charge in [0.05, 0.1) is 5.92 Å². The van der Waals surface area contributed by atoms with Crippen molar-refractivity contribution >= 4 is 17.7 Å². The van der Waals surface area contributed by atoms with E-state index in [9.17, 15) is 14.4 Å². The van der Waals surface area contributed by atoms with Crippen LogP contribution in [0.3, 0.4) is 0 Å². The highest BCUT2D eigenvalue weighted by Gasteiger charge is 2.33. The van der Waals surface area contributed by atoms with Gasteiger partial charge in [-0.1, -0.05) is 70.1 Å². The minimum Gasteiger partial charge on any atom is -0.351 e. The molecule has 1 heterocycles. The molecule has 1 aliphatic carbocycles. The summed E-state index contributed by atoms with van der Waals surface area (Å²) in [6, 6.07) is 7.48. The van der Waals surface area contributed by atoms with Gasteiger partial charge in [0, 0.05) is 37.2 Å². The second-order valence-electron chi connectivity index (χ2n) is 10.5. The fraction of sp³-hybridized carbons (Fsp3) is 0.690. The first-order valence-corrected chi connectivity index (χ1v) is 13.9. The third kappa shape index (κ3) is 8.36. The lowest BCUT2D eigenvalue weighted by atomic mass is 9.88. The van der Waals surface area contributed by atoms with Gasteiger partial charge >= 0.3 is 0 Å². The van der Waals surface area contributed by atoms with Gasteiger partial charge in [0.25, 0.3) is 5.91 Å². The van der Waals surface area contributed by atoms with Crippen molar-refractivity contribution in [3.8, 4) is 0 Å². The van der Waals surface area contributed by atoms with Crippen LogP contribution < -0.4 is 10.6 Å². The van der Waals surface area contributed by atoms with Crippen molar-refractivity contribution in [3.05, 3.63) is 35.4 Å². The summed E-state index contributed by atoms with van der Waals surface area (Å²) in [4.78, 5) is 40.7. The average Bonchev–Trinajstić information content (AvgIpc) is 2.87. The molecule has 194 valence electrons. The number of nitrogens with zero attached hydrogens (tertiary/aromatic N) is 1. The molecule has 2 aliphatic rings. The molecule has 3 rings (SSSR count). The Morgan fingerprint density at radius 3 is 2.31 bits per heavy atom. The number of amides is 3. The van der Waals surface area contributed by atoms with E-state index in [2.05, 4.69) is 17.6 Å². The van der Waals surface area contributed by atoms with Crippen molar-refractivity contribution in [2.45, 2.75) is 109 Å². The van der Waals surface area contributed by atoms with E-state index in [4.69, 9.17) is 0 Å². The van der Waals surface area contributed by atoms with E-state index >= 15 is 0 Å². The van der Waals surface area contributed by atoms with Crippen LogP contribution in [0.5, 0.6) is 0 Å². The summed E-state index contributed by atoms with van der Waals surface area (Å²) in [6.07, 6.45) is 13.2. The minimum absolute atomic E-state index is 0.0316. The Morgan fingerprint density at radius 2 is 1.57 bits per heavy atom. The third-order valence-corrected chi connectivity index (χ3v) is 7.69. The molecule has 0 bridgehead atoms. The van der Waals surface area contributed by atoms with Gasteiger partial charge in [-0.05, 0) is 50.7 Å². The molecule has 1 saturated carbocycles. The van der Waals surface area contributed by atoms with Crippen molar-refractivity contribution in [3.63, 3.8) is 0 Å². The summed E-state index contributed by atoms with van der Waals surface area (Å²) in [5.41, 5.74) is 1.64. The van der Waals surface area contributed by atoms with Crippen molar-refractivity contribution in [2.24, 2.45) is 5.92 Å². The fourth-order valence-electron chi connectivity index (χ4n) is 5.48. The molecule has 3 atom stereocenters. The lowest BCUT2D eigenvalue weighted by molar-refractivity contribution is -0.136. The van der Waals surface area contributed by atoms with E-state index < -0.39 is 0 Å². The molecule has 35 heavy (non-hydrogen) atoms. The lowest BCUT2D eigenvalue weighted by Gasteiger charge is -2.36. The van der Waals surface area contributed by atoms with Gasteiger partial charge in [-0.15, -0.1) is 0 Å². The van der Waals surface area contributed by atoms with E-state index in [0.717, 1.165) is 63.5 Å². The molecule has 2 fully saturated rings. The Bertz CT molecular complexity index is 840. The summed E-state index contributed by atoms with van der Waals surface area (Å²) < 4.78 is 0. The van der Waals surface area contributed by atoms with Crippen LogP contribution in [0.4, 0.5) is 0 Å². The van der Waals surface area contributed by atoms with Crippen molar-refractivity contribution in [1.82, 2.24) is 15.5 Å². The van der Waals surface area contributed by atoms with E-state index in [1.807, 2.05) is 36.1 Å². The molecule has 2 N–H and O–H groups in total. The largest absolute Gasteiger partial charge is 0.351 e. The molecule has 1 aromatic rings. The van der Waals surface area contributed by atoms with Gasteiger partial charge in [-0.25, -0.2) is 0 Å². The first-order valence-electron chi connectivity index (χ1n) is 13.9. The molecule has 6 heteroatoms. The van der Waals surface area contributed by atoms with Gasteiger partial charge in [-0.3, -0.25) is 14.4 Å². The SMILES string of the molecule is CCCCCCCCC(=O)N1CCC[C@H](C(=O)N[C@@H]2CCCC[C@H]2NC(=O)c2ccccc2C)C1. The van der Waals surface area contributed by atoms with Gasteiger partial charge in [-0.2, -0.15) is 0 Å². The number of piperidine rings is 1. The smallest absolute Gasteiger partial charge is 0.251 e. The number of benzene rings is 1. The number of unbranched alkanes of at least 4 members (excludes halogenated alkanes) is 5. The van der Waals surface area contributed by atoms with Crippen LogP contribution in [0.2, 0.25) is 0 Å². The number of carbonyl (C=O) groups is 3. The molecule has 1 aliphatic heterocycles. The molecule has 0 spiro atoms. The molecule has 0 aromatic heterocycles. The van der Waals surface area contributed by atoms with Gasteiger partial charge < -0.3 is 15.5 Å². The standard InChI is InChI=1S/C29H45N3O3/c1-3-4-5-6-7-8-19-27(33)32-20-13-15-23(21-32)28(34)30-25-17-11-12-18-26(25)31-29(35)24-16-10-9-14-22(24)2/h9-10,14,16,23,25-26H,3-8,11-13,15,17-21H2,1-2H3,(H,30,34)(H,31,35)/t23-,25+,26+/m0/s1. The Balaban J connectivity index is 1.48. The maximum Gasteiger partial charge on any atom is 0.251 e. The number of likely N-dealkylation sites (tertiary alicyclic amines) is 1. The summed E-state index contributed by atoms with van der Waals surface area (Å²) in [5.74, 6) is -0.00610. The molecule has 1 saturated heterocycles. The van der Waals surface area contributed by atoms with Crippen LogP contribution in [0.1, 0.15) is 106 Å². The third-order valence-electron chi connectivity index (χ3n) is 7.69. The number of carbonyl (C=O) groups excluding carboxylic acids is 3. The quantitative estimate of drug-likeness (QED) is 0.428. The van der Waals surface area contributed by atoms with Crippen LogP contribution in [-0.4, -0.2) is 47.8 Å². The van der Waals surface area contributed by atoms with E-state index in [-0.39, 0.29) is 35.7 Å². The summed E-state index contributed by atoms with van der Waals surface area (Å²) in [6.45, 7) is 5.44. The maximum atomic E-state index is 13.2. The molecule has 0 unspecified atom stereocenters. The summed E-state index contributed by atoms with van der Waals surface area (Å²) in [5, 5.41) is 6.43. The number of hydrogen-bond donors (Lipinski definition) is 2. The topological polar surface area (TPSA) is 78.5 Å². The summed E-state index contributed by atoms with van der Waals surface area (Å²) >= 11 is 0. The zero-order chi connectivity index (χ0) is 25.0. The predicted molar refractivity (Wildman–Crippen MR) is 140 cm³/mol. The summed E-state index contributed by atoms with van der Waals surface area (Å²) in [7, 11) is 0. The van der Waals surface area contributed by atoms with Crippen molar-refractivity contribution in [1.29, 1.82) is 0 Å². The monoisotopic (exact) mass is 483 g/mol. The minimum atomic E-state index is -0.160. The number of aryl methyl sites for hydroxylation is 1. The maximum absolute atomic E-state index is 13.2. The van der Waals surface area contributed by atoms with E-state index in [1.165, 1.54) is 25.7 Å². The van der Waals surface area contributed by atoms with Crippen molar-refractivity contribution in [2.75, 3.05) is 13.1 Å². The molecule has 1 aromatic carbocycles. The highest BCUT2D eigenvalue weighted by Crippen LogP contribution is 2.23. The van der Waals surface area contributed by atoms with Crippen LogP contribution in [0, 0.1) is 12.8 Å². The zero-order valence-corrected chi connectivity index (χ0v) is 21.8. The normalized spacial score (nSPS) is 22.5. The lowest BCUT2D eigenvalue weighted by Crippen LogP contribution is -2.55.